The fourth-order valence-corrected chi connectivity index (χ4v) is 4.83. The molecule has 4 rings (SSSR count). The van der Waals surface area contributed by atoms with Gasteiger partial charge in [-0.15, -0.1) is 0 Å². The van der Waals surface area contributed by atoms with Gasteiger partial charge in [-0.2, -0.15) is 0 Å². The summed E-state index contributed by atoms with van der Waals surface area (Å²) in [6, 6.07) is 35.4. The highest BCUT2D eigenvalue weighted by Crippen LogP contribution is 2.31. The second kappa shape index (κ2) is 7.42. The maximum absolute atomic E-state index is 10.1. The zero-order valence-corrected chi connectivity index (χ0v) is 15.9. The first-order valence-corrected chi connectivity index (χ1v) is 10.2. The minimum absolute atomic E-state index is 0.315. The largest absolute Gasteiger partial charge is 0.507 e. The van der Waals surface area contributed by atoms with Gasteiger partial charge >= 0.3 is 0 Å². The lowest BCUT2D eigenvalue weighted by atomic mass is 9.98. The Morgan fingerprint density at radius 1 is 0.500 bits per heavy atom. The van der Waals surface area contributed by atoms with Crippen LogP contribution in [0.5, 0.6) is 5.75 Å². The first kappa shape index (κ1) is 16.4. The molecule has 0 saturated heterocycles. The van der Waals surface area contributed by atoms with Gasteiger partial charge in [0.2, 0.25) is 0 Å². The summed E-state index contributed by atoms with van der Waals surface area (Å²) < 4.78 is 0. The molecule has 1 nitrogen and oxygen atoms in total. The Morgan fingerprint density at radius 3 is 1.92 bits per heavy atom. The van der Waals surface area contributed by atoms with Gasteiger partial charge in [-0.05, 0) is 28.8 Å². The highest BCUT2D eigenvalue weighted by atomic mass is 28.2. The van der Waals surface area contributed by atoms with Crippen LogP contribution >= 0.6 is 0 Å². The van der Waals surface area contributed by atoms with Gasteiger partial charge in [-0.3, -0.25) is 0 Å². The molecule has 0 unspecified atom stereocenters. The highest BCUT2D eigenvalue weighted by Gasteiger charge is 2.06. The molecular formula is C24H20OSi. The van der Waals surface area contributed by atoms with Crippen molar-refractivity contribution in [2.24, 2.45) is 0 Å². The van der Waals surface area contributed by atoms with Gasteiger partial charge in [-0.25, -0.2) is 0 Å². The SMILES string of the molecule is Oc1ccccc1-c1cccc(-c2cccc([SiH2]c3ccccc3)c2)c1. The molecule has 4 aromatic carbocycles. The van der Waals surface area contributed by atoms with Crippen LogP contribution in [0.25, 0.3) is 22.3 Å². The second-order valence-electron chi connectivity index (χ2n) is 6.46. The molecule has 4 aromatic rings. The van der Waals surface area contributed by atoms with Crippen molar-refractivity contribution in [3.8, 4) is 28.0 Å². The van der Waals surface area contributed by atoms with Crippen molar-refractivity contribution in [2.75, 3.05) is 0 Å². The van der Waals surface area contributed by atoms with Crippen LogP contribution in [0.1, 0.15) is 0 Å². The summed E-state index contributed by atoms with van der Waals surface area (Å²) in [4.78, 5) is 0. The Kier molecular flexibility index (Phi) is 4.67. The quantitative estimate of drug-likeness (QED) is 0.553. The Bertz CT molecular complexity index is 1020. The predicted octanol–water partition coefficient (Wildman–Crippen LogP) is 3.85. The van der Waals surface area contributed by atoms with Crippen molar-refractivity contribution in [1.82, 2.24) is 0 Å². The topological polar surface area (TPSA) is 20.2 Å². The van der Waals surface area contributed by atoms with Crippen molar-refractivity contribution >= 4 is 19.9 Å². The molecule has 0 atom stereocenters. The van der Waals surface area contributed by atoms with Crippen molar-refractivity contribution < 1.29 is 5.11 Å². The Hall–Kier alpha value is -3.10. The van der Waals surface area contributed by atoms with Crippen LogP contribution in [0.2, 0.25) is 0 Å². The normalized spacial score (nSPS) is 11.1. The lowest BCUT2D eigenvalue weighted by Crippen LogP contribution is -2.26. The number of aromatic hydroxyl groups is 1. The zero-order valence-electron chi connectivity index (χ0n) is 14.5. The van der Waals surface area contributed by atoms with Crippen LogP contribution in [0.15, 0.2) is 103 Å². The number of rotatable bonds is 4. The van der Waals surface area contributed by atoms with Crippen LogP contribution in [-0.2, 0) is 0 Å². The summed E-state index contributed by atoms with van der Waals surface area (Å²) in [7, 11) is -0.467. The van der Waals surface area contributed by atoms with Crippen molar-refractivity contribution in [2.45, 2.75) is 0 Å². The molecule has 0 spiro atoms. The van der Waals surface area contributed by atoms with Gasteiger partial charge in [0, 0.05) is 5.56 Å². The Balaban J connectivity index is 1.67. The smallest absolute Gasteiger partial charge is 0.123 e. The zero-order chi connectivity index (χ0) is 17.8. The Morgan fingerprint density at radius 2 is 1.12 bits per heavy atom. The van der Waals surface area contributed by atoms with Crippen LogP contribution in [-0.4, -0.2) is 14.6 Å². The molecule has 0 aliphatic carbocycles. The van der Waals surface area contributed by atoms with Gasteiger partial charge in [0.15, 0.2) is 0 Å². The van der Waals surface area contributed by atoms with Crippen LogP contribution < -0.4 is 10.4 Å². The maximum atomic E-state index is 10.1. The van der Waals surface area contributed by atoms with Gasteiger partial charge in [-0.1, -0.05) is 101 Å². The fourth-order valence-electron chi connectivity index (χ4n) is 3.28. The third kappa shape index (κ3) is 3.61. The number of para-hydroxylation sites is 1. The van der Waals surface area contributed by atoms with E-state index in [0.717, 1.165) is 11.1 Å². The lowest BCUT2D eigenvalue weighted by molar-refractivity contribution is 0.477. The van der Waals surface area contributed by atoms with Crippen LogP contribution in [0.4, 0.5) is 0 Å². The van der Waals surface area contributed by atoms with E-state index in [0.29, 0.717) is 5.75 Å². The maximum Gasteiger partial charge on any atom is 0.123 e. The minimum atomic E-state index is -0.467. The first-order chi connectivity index (χ1) is 12.8. The molecule has 0 fully saturated rings. The van der Waals surface area contributed by atoms with Gasteiger partial charge < -0.3 is 5.11 Å². The molecule has 0 heterocycles. The molecule has 0 bridgehead atoms. The first-order valence-electron chi connectivity index (χ1n) is 8.81. The van der Waals surface area contributed by atoms with E-state index < -0.39 is 9.52 Å². The summed E-state index contributed by atoms with van der Waals surface area (Å²) >= 11 is 0. The number of hydrogen-bond donors (Lipinski definition) is 1. The standard InChI is InChI=1S/C24H20OSi/c25-24-15-5-4-14-23(24)20-10-6-8-18(16-20)19-9-7-13-22(17-19)26-21-11-2-1-3-12-21/h1-17,25H,26H2. The van der Waals surface area contributed by atoms with Gasteiger partial charge in [0.25, 0.3) is 0 Å². The second-order valence-corrected chi connectivity index (χ2v) is 8.45. The summed E-state index contributed by atoms with van der Waals surface area (Å²) in [6.07, 6.45) is 0. The van der Waals surface area contributed by atoms with Crippen molar-refractivity contribution in [3.05, 3.63) is 103 Å². The third-order valence-corrected chi connectivity index (χ3v) is 6.32. The summed E-state index contributed by atoms with van der Waals surface area (Å²) in [5.74, 6) is 0.315. The predicted molar refractivity (Wildman–Crippen MR) is 113 cm³/mol. The molecule has 0 aromatic heterocycles. The Labute approximate surface area is 156 Å². The average molecular weight is 353 g/mol. The fraction of sp³-hybridized carbons (Fsp3) is 0. The van der Waals surface area contributed by atoms with E-state index in [9.17, 15) is 5.11 Å². The summed E-state index contributed by atoms with van der Waals surface area (Å²) in [6.45, 7) is 0. The van der Waals surface area contributed by atoms with E-state index in [-0.39, 0.29) is 0 Å². The van der Waals surface area contributed by atoms with Gasteiger partial charge in [0.1, 0.15) is 5.75 Å². The van der Waals surface area contributed by atoms with E-state index in [2.05, 4.69) is 72.8 Å². The molecule has 2 heteroatoms. The van der Waals surface area contributed by atoms with E-state index in [1.165, 1.54) is 21.5 Å². The number of hydrogen-bond acceptors (Lipinski definition) is 1. The molecule has 0 aliphatic heterocycles. The highest BCUT2D eigenvalue weighted by molar-refractivity contribution is 6.67. The van der Waals surface area contributed by atoms with Crippen LogP contribution in [0.3, 0.4) is 0 Å². The number of phenolic OH excluding ortho intramolecular Hbond substituents is 1. The molecule has 0 aliphatic rings. The third-order valence-electron chi connectivity index (χ3n) is 4.59. The number of benzene rings is 4. The van der Waals surface area contributed by atoms with Gasteiger partial charge in [0.05, 0.1) is 9.52 Å². The van der Waals surface area contributed by atoms with E-state index in [1.54, 1.807) is 6.07 Å². The molecule has 1 N–H and O–H groups in total. The van der Waals surface area contributed by atoms with E-state index >= 15 is 0 Å². The molecule has 126 valence electrons. The van der Waals surface area contributed by atoms with E-state index in [1.807, 2.05) is 24.3 Å². The lowest BCUT2D eigenvalue weighted by Gasteiger charge is -2.09. The molecule has 0 saturated carbocycles. The minimum Gasteiger partial charge on any atom is -0.507 e. The van der Waals surface area contributed by atoms with Crippen molar-refractivity contribution in [1.29, 1.82) is 0 Å². The van der Waals surface area contributed by atoms with Crippen LogP contribution in [0, 0.1) is 0 Å². The molecule has 0 radical (unpaired) electrons. The number of phenols is 1. The molecular weight excluding hydrogens is 332 g/mol. The molecule has 0 amide bonds. The average Bonchev–Trinajstić information content (AvgIpc) is 2.69. The monoisotopic (exact) mass is 352 g/mol. The summed E-state index contributed by atoms with van der Waals surface area (Å²) in [5.41, 5.74) is 4.30. The summed E-state index contributed by atoms with van der Waals surface area (Å²) in [5, 5.41) is 13.0. The molecule has 26 heavy (non-hydrogen) atoms. The van der Waals surface area contributed by atoms with E-state index in [4.69, 9.17) is 0 Å². The van der Waals surface area contributed by atoms with Crippen molar-refractivity contribution in [3.63, 3.8) is 0 Å².